The number of imidazole rings is 1. The quantitative estimate of drug-likeness (QED) is 0.384. The lowest BCUT2D eigenvalue weighted by Crippen LogP contribution is -2.40. The number of aryl methyl sites for hydroxylation is 2. The Morgan fingerprint density at radius 1 is 0.971 bits per heavy atom. The fraction of sp³-hybridized carbons (Fsp3) is 0.240. The Labute approximate surface area is 194 Å². The molecular formula is C25H24N6O3. The van der Waals surface area contributed by atoms with Gasteiger partial charge >= 0.3 is 5.69 Å². The molecular weight excluding hydrogens is 432 g/mol. The van der Waals surface area contributed by atoms with Crippen LogP contribution in [0.2, 0.25) is 0 Å². The maximum atomic E-state index is 13.2. The molecule has 3 heterocycles. The van der Waals surface area contributed by atoms with Gasteiger partial charge in [0.2, 0.25) is 12.3 Å². The fourth-order valence-corrected chi connectivity index (χ4v) is 4.16. The van der Waals surface area contributed by atoms with E-state index in [4.69, 9.17) is 9.40 Å². The number of nitrogens with zero attached hydrogens (tertiary/aromatic N) is 5. The molecule has 0 aliphatic heterocycles. The number of benzene rings is 2. The average molecular weight is 457 g/mol. The topological polar surface area (TPSA) is 112 Å². The number of nitrogens with one attached hydrogen (secondary N) is 1. The average Bonchev–Trinajstić information content (AvgIpc) is 3.54. The van der Waals surface area contributed by atoms with Crippen LogP contribution in [0.15, 0.2) is 75.0 Å². The van der Waals surface area contributed by atoms with Gasteiger partial charge in [-0.1, -0.05) is 55.5 Å². The molecule has 0 spiro atoms. The summed E-state index contributed by atoms with van der Waals surface area (Å²) in [6.07, 6.45) is 3.03. The van der Waals surface area contributed by atoms with Crippen molar-refractivity contribution < 1.29 is 4.42 Å². The maximum absolute atomic E-state index is 13.2. The third-order valence-corrected chi connectivity index (χ3v) is 5.79. The molecule has 5 aromatic rings. The van der Waals surface area contributed by atoms with Gasteiger partial charge in [0.25, 0.3) is 5.56 Å². The van der Waals surface area contributed by atoms with Crippen LogP contribution in [0.5, 0.6) is 0 Å². The lowest BCUT2D eigenvalue weighted by molar-refractivity contribution is 0.559. The third kappa shape index (κ3) is 4.07. The number of aromatic nitrogens is 6. The van der Waals surface area contributed by atoms with E-state index in [0.29, 0.717) is 55.2 Å². The van der Waals surface area contributed by atoms with Gasteiger partial charge in [-0.05, 0) is 30.0 Å². The van der Waals surface area contributed by atoms with E-state index in [0.717, 1.165) is 16.7 Å². The first kappa shape index (κ1) is 21.6. The van der Waals surface area contributed by atoms with Crippen LogP contribution in [0.1, 0.15) is 30.3 Å². The van der Waals surface area contributed by atoms with E-state index >= 15 is 0 Å². The number of hydrogen-bond donors (Lipinski definition) is 1. The maximum Gasteiger partial charge on any atom is 0.332 e. The Balaban J connectivity index is 1.58. The van der Waals surface area contributed by atoms with Crippen molar-refractivity contribution in [3.05, 3.63) is 98.8 Å². The minimum absolute atomic E-state index is 0.334. The second-order valence-electron chi connectivity index (χ2n) is 8.09. The second kappa shape index (κ2) is 9.30. The molecule has 0 saturated heterocycles. The molecule has 0 amide bonds. The Hall–Kier alpha value is -4.27. The zero-order valence-electron chi connectivity index (χ0n) is 18.8. The summed E-state index contributed by atoms with van der Waals surface area (Å²) in [6.45, 7) is 2.72. The lowest BCUT2D eigenvalue weighted by atomic mass is 10.0. The summed E-state index contributed by atoms with van der Waals surface area (Å²) in [5.41, 5.74) is 2.86. The molecule has 0 aliphatic rings. The van der Waals surface area contributed by atoms with Crippen LogP contribution >= 0.6 is 0 Å². The fourth-order valence-electron chi connectivity index (χ4n) is 4.16. The van der Waals surface area contributed by atoms with Crippen molar-refractivity contribution >= 4 is 11.2 Å². The molecule has 0 saturated carbocycles. The summed E-state index contributed by atoms with van der Waals surface area (Å²) >= 11 is 0. The van der Waals surface area contributed by atoms with Crippen molar-refractivity contribution in [3.63, 3.8) is 0 Å². The highest BCUT2D eigenvalue weighted by atomic mass is 16.4. The summed E-state index contributed by atoms with van der Waals surface area (Å²) in [5.74, 6) is 0.998. The zero-order valence-corrected chi connectivity index (χ0v) is 18.8. The van der Waals surface area contributed by atoms with Gasteiger partial charge in [0.05, 0.1) is 0 Å². The first-order valence-corrected chi connectivity index (χ1v) is 11.3. The molecule has 0 atom stereocenters. The molecule has 5 rings (SSSR count). The van der Waals surface area contributed by atoms with Crippen LogP contribution in [-0.2, 0) is 25.9 Å². The number of rotatable bonds is 8. The summed E-state index contributed by atoms with van der Waals surface area (Å²) < 4.78 is 8.27. The molecule has 0 fully saturated rings. The number of fused-ring (bicyclic) bond motifs is 1. The summed E-state index contributed by atoms with van der Waals surface area (Å²) in [7, 11) is 0. The second-order valence-corrected chi connectivity index (χ2v) is 8.09. The van der Waals surface area contributed by atoms with Gasteiger partial charge in [-0.3, -0.25) is 13.9 Å². The van der Waals surface area contributed by atoms with Gasteiger partial charge in [0, 0.05) is 25.1 Å². The Kier molecular flexibility index (Phi) is 5.90. The third-order valence-electron chi connectivity index (χ3n) is 5.79. The summed E-state index contributed by atoms with van der Waals surface area (Å²) in [6, 6.07) is 17.6. The van der Waals surface area contributed by atoms with Crippen LogP contribution in [0, 0.1) is 0 Å². The van der Waals surface area contributed by atoms with Crippen LogP contribution in [-0.4, -0.2) is 29.3 Å². The molecule has 0 radical (unpaired) electrons. The number of aromatic amines is 1. The summed E-state index contributed by atoms with van der Waals surface area (Å²) in [5, 5.41) is 7.78. The van der Waals surface area contributed by atoms with Crippen molar-refractivity contribution in [2.45, 2.75) is 39.3 Å². The molecule has 0 unspecified atom stereocenters. The van der Waals surface area contributed by atoms with Gasteiger partial charge in [-0.2, -0.15) is 0 Å². The Morgan fingerprint density at radius 3 is 2.53 bits per heavy atom. The minimum Gasteiger partial charge on any atom is -0.423 e. The van der Waals surface area contributed by atoms with E-state index in [2.05, 4.69) is 15.2 Å². The minimum atomic E-state index is -0.346. The Morgan fingerprint density at radius 2 is 1.76 bits per heavy atom. The van der Waals surface area contributed by atoms with Gasteiger partial charge in [0.1, 0.15) is 11.3 Å². The van der Waals surface area contributed by atoms with E-state index in [1.165, 1.54) is 11.0 Å². The molecule has 172 valence electrons. The van der Waals surface area contributed by atoms with Gasteiger partial charge in [-0.25, -0.2) is 9.78 Å². The molecule has 9 heteroatoms. The summed E-state index contributed by atoms with van der Waals surface area (Å²) in [4.78, 5) is 34.2. The van der Waals surface area contributed by atoms with E-state index in [1.807, 2.05) is 61.5 Å². The monoisotopic (exact) mass is 456 g/mol. The molecule has 0 aliphatic carbocycles. The predicted octanol–water partition coefficient (Wildman–Crippen LogP) is 3.18. The van der Waals surface area contributed by atoms with Crippen molar-refractivity contribution in [2.24, 2.45) is 0 Å². The first-order chi connectivity index (χ1) is 16.7. The molecule has 2 aromatic carbocycles. The largest absolute Gasteiger partial charge is 0.423 e. The molecule has 9 nitrogen and oxygen atoms in total. The van der Waals surface area contributed by atoms with E-state index in [1.54, 1.807) is 4.57 Å². The first-order valence-electron chi connectivity index (χ1n) is 11.3. The molecule has 34 heavy (non-hydrogen) atoms. The van der Waals surface area contributed by atoms with Gasteiger partial charge in [0.15, 0.2) is 5.65 Å². The highest BCUT2D eigenvalue weighted by Crippen LogP contribution is 2.23. The zero-order chi connectivity index (χ0) is 23.5. The van der Waals surface area contributed by atoms with Crippen molar-refractivity contribution in [3.8, 4) is 11.5 Å². The van der Waals surface area contributed by atoms with Crippen molar-refractivity contribution in [1.82, 2.24) is 29.3 Å². The van der Waals surface area contributed by atoms with E-state index in [-0.39, 0.29) is 11.2 Å². The lowest BCUT2D eigenvalue weighted by Gasteiger charge is -2.10. The van der Waals surface area contributed by atoms with Crippen LogP contribution in [0.25, 0.3) is 22.6 Å². The smallest absolute Gasteiger partial charge is 0.332 e. The van der Waals surface area contributed by atoms with E-state index in [9.17, 15) is 9.59 Å². The standard InChI is InChI=1S/C25H24N6O3/c1-2-13-31-24(32)21-22(30(25(31)33)14-12-17-8-4-3-5-9-17)28-20(27-21)15-18-10-6-7-11-19(18)23-29-26-16-34-23/h3-11,16H,2,12-15H2,1H3,(H,27,28). The SMILES string of the molecule is CCCn1c(=O)c2[nH]c(Cc3ccccc3-c3nnco3)nc2n(CCc2ccccc2)c1=O. The Bertz CT molecular complexity index is 1530. The van der Waals surface area contributed by atoms with Crippen LogP contribution in [0.4, 0.5) is 0 Å². The number of H-pyrrole nitrogens is 1. The van der Waals surface area contributed by atoms with E-state index < -0.39 is 0 Å². The highest BCUT2D eigenvalue weighted by Gasteiger charge is 2.18. The van der Waals surface area contributed by atoms with Gasteiger partial charge in [-0.15, -0.1) is 10.2 Å². The predicted molar refractivity (Wildman–Crippen MR) is 128 cm³/mol. The normalized spacial score (nSPS) is 11.3. The van der Waals surface area contributed by atoms with Crippen LogP contribution < -0.4 is 11.2 Å². The van der Waals surface area contributed by atoms with Crippen molar-refractivity contribution in [1.29, 1.82) is 0 Å². The van der Waals surface area contributed by atoms with Crippen LogP contribution in [0.3, 0.4) is 0 Å². The molecule has 1 N–H and O–H groups in total. The van der Waals surface area contributed by atoms with Gasteiger partial charge < -0.3 is 9.40 Å². The number of hydrogen-bond acceptors (Lipinski definition) is 6. The molecule has 0 bridgehead atoms. The highest BCUT2D eigenvalue weighted by molar-refractivity contribution is 5.70. The molecule has 3 aromatic heterocycles. The van der Waals surface area contributed by atoms with Crippen molar-refractivity contribution in [2.75, 3.05) is 0 Å².